The van der Waals surface area contributed by atoms with E-state index in [1.54, 1.807) is 18.3 Å². The number of nitrogens with zero attached hydrogens (tertiary/aromatic N) is 4. The summed E-state index contributed by atoms with van der Waals surface area (Å²) in [4.78, 5) is 28.6. The van der Waals surface area contributed by atoms with Crippen LogP contribution in [0.25, 0.3) is 10.3 Å². The average Bonchev–Trinajstić information content (AvgIpc) is 3.23. The molecule has 0 spiro atoms. The number of benzene rings is 1. The molecule has 0 bridgehead atoms. The van der Waals surface area contributed by atoms with Gasteiger partial charge in [-0.1, -0.05) is 34.5 Å². The summed E-state index contributed by atoms with van der Waals surface area (Å²) in [5, 5.41) is 3.99. The molecule has 1 saturated heterocycles. The minimum atomic E-state index is -0.339. The number of rotatable bonds is 3. The molecule has 3 heterocycles. The van der Waals surface area contributed by atoms with Gasteiger partial charge in [-0.2, -0.15) is 4.98 Å². The second kappa shape index (κ2) is 6.74. The van der Waals surface area contributed by atoms with Crippen LogP contribution in [0, 0.1) is 0 Å². The fourth-order valence-corrected chi connectivity index (χ4v) is 3.98. The summed E-state index contributed by atoms with van der Waals surface area (Å²) in [7, 11) is 0. The molecule has 0 saturated carbocycles. The van der Waals surface area contributed by atoms with Crippen molar-refractivity contribution in [2.24, 2.45) is 0 Å². The standard InChI is InChI=1S/C16H13Cl2N5OS/c17-9-3-4-10(11(18)7-9)13(24)21-16-20-12-8-19-15(22-14(12)25-16)23-5-1-2-6-23/h3-4,7-8H,1-2,5-6H2,(H,20,21,24). The highest BCUT2D eigenvalue weighted by molar-refractivity contribution is 7.22. The molecule has 2 aromatic heterocycles. The van der Waals surface area contributed by atoms with Crippen molar-refractivity contribution in [1.29, 1.82) is 0 Å². The van der Waals surface area contributed by atoms with Crippen LogP contribution in [0.1, 0.15) is 23.2 Å². The number of aromatic nitrogens is 3. The zero-order chi connectivity index (χ0) is 17.4. The number of carbonyl (C=O) groups is 1. The lowest BCUT2D eigenvalue weighted by molar-refractivity contribution is 0.102. The Hall–Kier alpha value is -1.96. The normalized spacial score (nSPS) is 14.2. The van der Waals surface area contributed by atoms with Gasteiger partial charge in [0.2, 0.25) is 5.95 Å². The summed E-state index contributed by atoms with van der Waals surface area (Å²) in [6.07, 6.45) is 4.01. The predicted molar refractivity (Wildman–Crippen MR) is 101 cm³/mol. The Morgan fingerprint density at radius 2 is 2.00 bits per heavy atom. The van der Waals surface area contributed by atoms with Crippen LogP contribution in [-0.4, -0.2) is 33.9 Å². The number of hydrogen-bond donors (Lipinski definition) is 1. The van der Waals surface area contributed by atoms with Crippen molar-refractivity contribution in [1.82, 2.24) is 15.0 Å². The Kier molecular flexibility index (Phi) is 4.45. The maximum atomic E-state index is 12.4. The number of carbonyl (C=O) groups excluding carboxylic acids is 1. The molecule has 1 N–H and O–H groups in total. The number of thiazole rings is 1. The Balaban J connectivity index is 1.57. The van der Waals surface area contributed by atoms with E-state index in [9.17, 15) is 4.79 Å². The van der Waals surface area contributed by atoms with E-state index in [1.165, 1.54) is 17.4 Å². The summed E-state index contributed by atoms with van der Waals surface area (Å²) >= 11 is 13.2. The highest BCUT2D eigenvalue weighted by Gasteiger charge is 2.18. The summed E-state index contributed by atoms with van der Waals surface area (Å²) in [5.74, 6) is 0.376. The van der Waals surface area contributed by atoms with E-state index < -0.39 is 0 Å². The number of nitrogens with one attached hydrogen (secondary N) is 1. The van der Waals surface area contributed by atoms with Gasteiger partial charge in [0, 0.05) is 18.1 Å². The highest BCUT2D eigenvalue weighted by atomic mass is 35.5. The van der Waals surface area contributed by atoms with Crippen LogP contribution >= 0.6 is 34.5 Å². The molecule has 4 rings (SSSR count). The summed E-state index contributed by atoms with van der Waals surface area (Å²) in [6.45, 7) is 1.95. The molecule has 3 aromatic rings. The Morgan fingerprint density at radius 3 is 2.76 bits per heavy atom. The largest absolute Gasteiger partial charge is 0.341 e. The van der Waals surface area contributed by atoms with Gasteiger partial charge in [-0.05, 0) is 31.0 Å². The molecule has 6 nitrogen and oxygen atoms in total. The number of anilines is 2. The van der Waals surface area contributed by atoms with Crippen LogP contribution < -0.4 is 10.2 Å². The van der Waals surface area contributed by atoms with E-state index >= 15 is 0 Å². The molecule has 0 unspecified atom stereocenters. The van der Waals surface area contributed by atoms with Gasteiger partial charge >= 0.3 is 0 Å². The van der Waals surface area contributed by atoms with Gasteiger partial charge in [0.25, 0.3) is 5.91 Å². The van der Waals surface area contributed by atoms with Gasteiger partial charge in [-0.15, -0.1) is 0 Å². The topological polar surface area (TPSA) is 71.0 Å². The van der Waals surface area contributed by atoms with Crippen molar-refractivity contribution in [3.05, 3.63) is 40.0 Å². The van der Waals surface area contributed by atoms with Gasteiger partial charge in [0.1, 0.15) is 5.52 Å². The first kappa shape index (κ1) is 16.5. The van der Waals surface area contributed by atoms with Crippen LogP contribution in [0.4, 0.5) is 11.1 Å². The molecule has 9 heteroatoms. The van der Waals surface area contributed by atoms with Crippen molar-refractivity contribution in [3.8, 4) is 0 Å². The lowest BCUT2D eigenvalue weighted by atomic mass is 10.2. The monoisotopic (exact) mass is 393 g/mol. The number of amides is 1. The van der Waals surface area contributed by atoms with E-state index in [2.05, 4.69) is 25.2 Å². The number of halogens is 2. The van der Waals surface area contributed by atoms with Crippen LogP contribution in [0.5, 0.6) is 0 Å². The van der Waals surface area contributed by atoms with Gasteiger partial charge < -0.3 is 4.90 Å². The summed E-state index contributed by atoms with van der Waals surface area (Å²) in [5.41, 5.74) is 1.000. The van der Waals surface area contributed by atoms with E-state index in [4.69, 9.17) is 23.2 Å². The van der Waals surface area contributed by atoms with E-state index in [0.29, 0.717) is 32.2 Å². The van der Waals surface area contributed by atoms with Crippen molar-refractivity contribution in [3.63, 3.8) is 0 Å². The smallest absolute Gasteiger partial charge is 0.258 e. The third-order valence-corrected chi connectivity index (χ3v) is 5.35. The quantitative estimate of drug-likeness (QED) is 0.719. The van der Waals surface area contributed by atoms with Gasteiger partial charge in [0.15, 0.2) is 9.96 Å². The minimum Gasteiger partial charge on any atom is -0.341 e. The summed E-state index contributed by atoms with van der Waals surface area (Å²) < 4.78 is 0. The zero-order valence-corrected chi connectivity index (χ0v) is 15.3. The van der Waals surface area contributed by atoms with Crippen LogP contribution in [-0.2, 0) is 0 Å². The molecule has 1 aromatic carbocycles. The molecule has 1 aliphatic heterocycles. The first-order valence-electron chi connectivity index (χ1n) is 7.75. The lowest BCUT2D eigenvalue weighted by Gasteiger charge is -2.13. The Labute approximate surface area is 157 Å². The molecule has 0 radical (unpaired) electrons. The van der Waals surface area contributed by atoms with Gasteiger partial charge in [-0.25, -0.2) is 9.97 Å². The maximum absolute atomic E-state index is 12.4. The first-order valence-corrected chi connectivity index (χ1v) is 9.32. The molecule has 1 aliphatic rings. The van der Waals surface area contributed by atoms with Crippen molar-refractivity contribution < 1.29 is 4.79 Å². The SMILES string of the molecule is O=C(Nc1nc2cnc(N3CCCC3)nc2s1)c1ccc(Cl)cc1Cl. The molecule has 1 fully saturated rings. The minimum absolute atomic E-state index is 0.294. The number of fused-ring (bicyclic) bond motifs is 1. The fourth-order valence-electron chi connectivity index (χ4n) is 2.69. The van der Waals surface area contributed by atoms with Gasteiger partial charge in [0.05, 0.1) is 16.8 Å². The lowest BCUT2D eigenvalue weighted by Crippen LogP contribution is -2.20. The van der Waals surface area contributed by atoms with Crippen molar-refractivity contribution in [2.75, 3.05) is 23.3 Å². The second-order valence-corrected chi connectivity index (χ2v) is 7.47. The maximum Gasteiger partial charge on any atom is 0.258 e. The molecule has 25 heavy (non-hydrogen) atoms. The van der Waals surface area contributed by atoms with E-state index in [1.807, 2.05) is 0 Å². The first-order chi connectivity index (χ1) is 12.1. The second-order valence-electron chi connectivity index (χ2n) is 5.65. The van der Waals surface area contributed by atoms with Crippen LogP contribution in [0.15, 0.2) is 24.4 Å². The van der Waals surface area contributed by atoms with E-state index in [-0.39, 0.29) is 5.91 Å². The third kappa shape index (κ3) is 3.40. The van der Waals surface area contributed by atoms with Gasteiger partial charge in [-0.3, -0.25) is 10.1 Å². The molecule has 0 aliphatic carbocycles. The highest BCUT2D eigenvalue weighted by Crippen LogP contribution is 2.28. The molecule has 0 atom stereocenters. The zero-order valence-electron chi connectivity index (χ0n) is 13.0. The van der Waals surface area contributed by atoms with E-state index in [0.717, 1.165) is 30.8 Å². The van der Waals surface area contributed by atoms with Crippen LogP contribution in [0.3, 0.4) is 0 Å². The molecule has 128 valence electrons. The van der Waals surface area contributed by atoms with Crippen molar-refractivity contribution >= 4 is 61.9 Å². The Bertz CT molecular complexity index is 955. The average molecular weight is 394 g/mol. The molecular formula is C16H13Cl2N5OS. The predicted octanol–water partition coefficient (Wildman–Crippen LogP) is 4.25. The molecule has 1 amide bonds. The fraction of sp³-hybridized carbons (Fsp3) is 0.250. The number of hydrogen-bond acceptors (Lipinski definition) is 6. The molecular weight excluding hydrogens is 381 g/mol. The third-order valence-electron chi connectivity index (χ3n) is 3.92. The van der Waals surface area contributed by atoms with Crippen LogP contribution in [0.2, 0.25) is 10.0 Å². The summed E-state index contributed by atoms with van der Waals surface area (Å²) in [6, 6.07) is 4.73. The van der Waals surface area contributed by atoms with Crippen molar-refractivity contribution in [2.45, 2.75) is 12.8 Å². The Morgan fingerprint density at radius 1 is 1.20 bits per heavy atom.